The number of aromatic nitrogens is 1. The molecule has 0 radical (unpaired) electrons. The van der Waals surface area contributed by atoms with Crippen LogP contribution in [-0.4, -0.2) is 16.9 Å². The molecule has 0 aliphatic carbocycles. The summed E-state index contributed by atoms with van der Waals surface area (Å²) in [5.41, 5.74) is 1.43. The van der Waals surface area contributed by atoms with Crippen molar-refractivity contribution in [3.63, 3.8) is 0 Å². The van der Waals surface area contributed by atoms with Crippen LogP contribution in [0.5, 0.6) is 0 Å². The molecular formula is C14H21ClN2O. The molecule has 3 nitrogen and oxygen atoms in total. The molecular weight excluding hydrogens is 248 g/mol. The zero-order valence-corrected chi connectivity index (χ0v) is 12.4. The largest absolute Gasteiger partial charge is 0.349 e. The first-order valence-corrected chi connectivity index (χ1v) is 6.59. The molecule has 4 heteroatoms. The molecule has 100 valence electrons. The van der Waals surface area contributed by atoms with E-state index in [1.54, 1.807) is 12.1 Å². The second-order valence-electron chi connectivity index (χ2n) is 5.58. The summed E-state index contributed by atoms with van der Waals surface area (Å²) in [4.78, 5) is 16.3. The van der Waals surface area contributed by atoms with Gasteiger partial charge >= 0.3 is 0 Å². The maximum atomic E-state index is 12.1. The number of aryl methyl sites for hydroxylation is 1. The maximum absolute atomic E-state index is 12.1. The summed E-state index contributed by atoms with van der Waals surface area (Å²) in [7, 11) is 0. The summed E-state index contributed by atoms with van der Waals surface area (Å²) >= 11 is 5.91. The number of nitrogens with one attached hydrogen (secondary N) is 1. The number of halogens is 1. The number of carbonyl (C=O) groups is 1. The number of amides is 1. The van der Waals surface area contributed by atoms with Gasteiger partial charge < -0.3 is 5.32 Å². The average Bonchev–Trinajstić information content (AvgIpc) is 2.26. The van der Waals surface area contributed by atoms with Crippen LogP contribution >= 0.6 is 11.6 Å². The molecule has 0 saturated heterocycles. The quantitative estimate of drug-likeness (QED) is 0.853. The Morgan fingerprint density at radius 2 is 2.06 bits per heavy atom. The van der Waals surface area contributed by atoms with E-state index in [4.69, 9.17) is 11.6 Å². The third-order valence-corrected chi connectivity index (χ3v) is 3.31. The van der Waals surface area contributed by atoms with Gasteiger partial charge in [0, 0.05) is 17.3 Å². The Hall–Kier alpha value is -1.09. The van der Waals surface area contributed by atoms with Crippen molar-refractivity contribution in [2.45, 2.75) is 47.1 Å². The zero-order chi connectivity index (χ0) is 13.9. The summed E-state index contributed by atoms with van der Waals surface area (Å²) in [6.07, 6.45) is 0.760. The molecule has 1 aromatic heterocycles. The fraction of sp³-hybridized carbons (Fsp3) is 0.571. The lowest BCUT2D eigenvalue weighted by atomic mass is 9.88. The third-order valence-electron chi connectivity index (χ3n) is 3.12. The Kier molecular flexibility index (Phi) is 4.74. The highest BCUT2D eigenvalue weighted by Crippen LogP contribution is 2.19. The van der Waals surface area contributed by atoms with Crippen LogP contribution in [0.3, 0.4) is 0 Å². The second-order valence-corrected chi connectivity index (χ2v) is 5.97. The van der Waals surface area contributed by atoms with Crippen molar-refractivity contribution in [2.75, 3.05) is 0 Å². The summed E-state index contributed by atoms with van der Waals surface area (Å²) < 4.78 is 0. The van der Waals surface area contributed by atoms with Gasteiger partial charge in [0.2, 0.25) is 0 Å². The van der Waals surface area contributed by atoms with Crippen molar-refractivity contribution >= 4 is 17.5 Å². The van der Waals surface area contributed by atoms with E-state index in [1.807, 2.05) is 13.8 Å². The first-order valence-electron chi connectivity index (χ1n) is 6.21. The molecule has 1 aromatic rings. The van der Waals surface area contributed by atoms with E-state index in [9.17, 15) is 4.79 Å². The number of hydrogen-bond donors (Lipinski definition) is 1. The van der Waals surface area contributed by atoms with Gasteiger partial charge in [-0.25, -0.2) is 4.98 Å². The minimum atomic E-state index is -0.101. The minimum Gasteiger partial charge on any atom is -0.349 e. The molecule has 1 rings (SSSR count). The molecule has 0 aromatic carbocycles. The van der Waals surface area contributed by atoms with Crippen LogP contribution in [0.15, 0.2) is 12.1 Å². The van der Waals surface area contributed by atoms with Crippen LogP contribution in [-0.2, 0) is 6.42 Å². The van der Waals surface area contributed by atoms with Crippen LogP contribution in [0, 0.1) is 5.41 Å². The summed E-state index contributed by atoms with van der Waals surface area (Å²) in [6, 6.07) is 3.48. The van der Waals surface area contributed by atoms with Gasteiger partial charge in [-0.2, -0.15) is 0 Å². The van der Waals surface area contributed by atoms with Crippen LogP contribution < -0.4 is 5.32 Å². The second kappa shape index (κ2) is 5.70. The molecule has 1 unspecified atom stereocenters. The van der Waals surface area contributed by atoms with E-state index in [1.165, 1.54) is 0 Å². The van der Waals surface area contributed by atoms with E-state index in [0.29, 0.717) is 10.7 Å². The molecule has 0 aliphatic rings. The fourth-order valence-corrected chi connectivity index (χ4v) is 1.59. The van der Waals surface area contributed by atoms with E-state index >= 15 is 0 Å². The normalized spacial score (nSPS) is 13.2. The summed E-state index contributed by atoms with van der Waals surface area (Å²) in [5, 5.41) is 3.35. The lowest BCUT2D eigenvalue weighted by Gasteiger charge is -2.28. The van der Waals surface area contributed by atoms with Gasteiger partial charge in [0.1, 0.15) is 5.15 Å². The highest BCUT2D eigenvalue weighted by molar-refractivity contribution is 6.29. The molecule has 1 atom stereocenters. The van der Waals surface area contributed by atoms with E-state index in [2.05, 4.69) is 31.1 Å². The number of hydrogen-bond acceptors (Lipinski definition) is 2. The standard InChI is InChI=1S/C14H21ClN2O/c1-6-11-7-10(8-12(15)17-11)13(18)16-9(2)14(3,4)5/h7-9H,6H2,1-5H3,(H,16,18). The predicted octanol–water partition coefficient (Wildman–Crippen LogP) is 3.46. The summed E-state index contributed by atoms with van der Waals surface area (Å²) in [5.74, 6) is -0.101. The molecule has 0 saturated carbocycles. The van der Waals surface area contributed by atoms with Gasteiger partial charge in [-0.3, -0.25) is 4.79 Å². The molecule has 0 aliphatic heterocycles. The molecule has 1 N–H and O–H groups in total. The monoisotopic (exact) mass is 268 g/mol. The van der Waals surface area contributed by atoms with Crippen molar-refractivity contribution < 1.29 is 4.79 Å². The first kappa shape index (κ1) is 15.0. The number of pyridine rings is 1. The molecule has 0 fully saturated rings. The highest BCUT2D eigenvalue weighted by Gasteiger charge is 2.22. The van der Waals surface area contributed by atoms with Crippen LogP contribution in [0.1, 0.15) is 50.7 Å². The van der Waals surface area contributed by atoms with E-state index < -0.39 is 0 Å². The highest BCUT2D eigenvalue weighted by atomic mass is 35.5. The topological polar surface area (TPSA) is 42.0 Å². The maximum Gasteiger partial charge on any atom is 0.251 e. The van der Waals surface area contributed by atoms with Crippen molar-refractivity contribution in [3.8, 4) is 0 Å². The smallest absolute Gasteiger partial charge is 0.251 e. The molecule has 1 heterocycles. The van der Waals surface area contributed by atoms with Gasteiger partial charge in [0.15, 0.2) is 0 Å². The van der Waals surface area contributed by atoms with Gasteiger partial charge in [0.05, 0.1) is 0 Å². The lowest BCUT2D eigenvalue weighted by Crippen LogP contribution is -2.41. The lowest BCUT2D eigenvalue weighted by molar-refractivity contribution is 0.0910. The third kappa shape index (κ3) is 3.98. The Morgan fingerprint density at radius 3 is 2.56 bits per heavy atom. The van der Waals surface area contributed by atoms with Gasteiger partial charge in [0.25, 0.3) is 5.91 Å². The first-order chi connectivity index (χ1) is 8.24. The average molecular weight is 269 g/mol. The Balaban J connectivity index is 2.88. The Bertz CT molecular complexity index is 438. The Morgan fingerprint density at radius 1 is 1.44 bits per heavy atom. The van der Waals surface area contributed by atoms with Crippen LogP contribution in [0.25, 0.3) is 0 Å². The predicted molar refractivity (Wildman–Crippen MR) is 75.0 cm³/mol. The van der Waals surface area contributed by atoms with Crippen molar-refractivity contribution in [2.24, 2.45) is 5.41 Å². The van der Waals surface area contributed by atoms with Gasteiger partial charge in [-0.1, -0.05) is 39.3 Å². The Labute approximate surface area is 114 Å². The van der Waals surface area contributed by atoms with Crippen molar-refractivity contribution in [1.82, 2.24) is 10.3 Å². The number of rotatable bonds is 3. The fourth-order valence-electron chi connectivity index (χ4n) is 1.36. The van der Waals surface area contributed by atoms with Crippen LogP contribution in [0.2, 0.25) is 5.15 Å². The van der Waals surface area contributed by atoms with Crippen LogP contribution in [0.4, 0.5) is 0 Å². The minimum absolute atomic E-state index is 0.0278. The van der Waals surface area contributed by atoms with Gasteiger partial charge in [-0.05, 0) is 30.9 Å². The SMILES string of the molecule is CCc1cc(C(=O)NC(C)C(C)(C)C)cc(Cl)n1. The molecule has 0 spiro atoms. The molecule has 0 bridgehead atoms. The van der Waals surface area contributed by atoms with Crippen molar-refractivity contribution in [3.05, 3.63) is 28.5 Å². The number of nitrogens with zero attached hydrogens (tertiary/aromatic N) is 1. The van der Waals surface area contributed by atoms with Gasteiger partial charge in [-0.15, -0.1) is 0 Å². The number of carbonyl (C=O) groups excluding carboxylic acids is 1. The molecule has 18 heavy (non-hydrogen) atoms. The molecule has 1 amide bonds. The van der Waals surface area contributed by atoms with Crippen molar-refractivity contribution in [1.29, 1.82) is 0 Å². The zero-order valence-electron chi connectivity index (χ0n) is 11.7. The summed E-state index contributed by atoms with van der Waals surface area (Å²) in [6.45, 7) is 10.3. The van der Waals surface area contributed by atoms with E-state index in [-0.39, 0.29) is 17.4 Å². The van der Waals surface area contributed by atoms with E-state index in [0.717, 1.165) is 12.1 Å².